The molecule has 0 saturated carbocycles. The van der Waals surface area contributed by atoms with Crippen LogP contribution in [0.2, 0.25) is 0 Å². The lowest BCUT2D eigenvalue weighted by atomic mass is 10.1. The third-order valence-electron chi connectivity index (χ3n) is 4.87. The maximum absolute atomic E-state index is 12.7. The van der Waals surface area contributed by atoms with Crippen molar-refractivity contribution in [2.75, 3.05) is 7.11 Å². The number of nitrogens with one attached hydrogen (secondary N) is 1. The number of nitriles is 1. The van der Waals surface area contributed by atoms with Gasteiger partial charge in [0.25, 0.3) is 5.91 Å². The van der Waals surface area contributed by atoms with Crippen LogP contribution in [0.15, 0.2) is 72.3 Å². The van der Waals surface area contributed by atoms with E-state index < -0.39 is 5.91 Å². The number of amides is 1. The molecule has 168 valence electrons. The standard InChI is InChI=1S/C26H22I2N2O3/c1-17(20-6-4-3-5-7-20)30-26(31)21(15-29)12-19-13-23(28)25(24(14-19)32-2)33-16-18-8-10-22(27)11-9-18/h3-14,17H,16H2,1-2H3,(H,30,31)/b21-12-/t17-/m1/s1. The van der Waals surface area contributed by atoms with Crippen LogP contribution in [0.4, 0.5) is 0 Å². The van der Waals surface area contributed by atoms with Gasteiger partial charge < -0.3 is 14.8 Å². The normalized spacial score (nSPS) is 11.9. The zero-order chi connectivity index (χ0) is 23.8. The minimum absolute atomic E-state index is 0.0168. The predicted octanol–water partition coefficient (Wildman–Crippen LogP) is 6.27. The summed E-state index contributed by atoms with van der Waals surface area (Å²) in [6.45, 7) is 2.29. The van der Waals surface area contributed by atoms with E-state index in [0.717, 1.165) is 18.3 Å². The van der Waals surface area contributed by atoms with Crippen molar-refractivity contribution in [3.8, 4) is 17.6 Å². The Labute approximate surface area is 221 Å². The molecule has 1 N–H and O–H groups in total. The van der Waals surface area contributed by atoms with Crippen LogP contribution in [0.25, 0.3) is 6.08 Å². The van der Waals surface area contributed by atoms with Crippen molar-refractivity contribution in [1.29, 1.82) is 5.26 Å². The largest absolute Gasteiger partial charge is 0.493 e. The Morgan fingerprint density at radius 1 is 1.12 bits per heavy atom. The highest BCUT2D eigenvalue weighted by atomic mass is 127. The molecule has 0 fully saturated rings. The van der Waals surface area contributed by atoms with Crippen molar-refractivity contribution in [2.24, 2.45) is 0 Å². The van der Waals surface area contributed by atoms with E-state index in [0.29, 0.717) is 23.7 Å². The molecular formula is C26H22I2N2O3. The van der Waals surface area contributed by atoms with Crippen LogP contribution < -0.4 is 14.8 Å². The number of rotatable bonds is 8. The minimum Gasteiger partial charge on any atom is -0.493 e. The summed E-state index contributed by atoms with van der Waals surface area (Å²) in [4.78, 5) is 12.7. The van der Waals surface area contributed by atoms with Gasteiger partial charge in [-0.05, 0) is 99.1 Å². The summed E-state index contributed by atoms with van der Waals surface area (Å²) in [6, 6.07) is 23.1. The van der Waals surface area contributed by atoms with Crippen LogP contribution in [-0.4, -0.2) is 13.0 Å². The van der Waals surface area contributed by atoms with E-state index >= 15 is 0 Å². The zero-order valence-electron chi connectivity index (χ0n) is 18.1. The maximum Gasteiger partial charge on any atom is 0.262 e. The number of hydrogen-bond donors (Lipinski definition) is 1. The second-order valence-corrected chi connectivity index (χ2v) is 9.63. The van der Waals surface area contributed by atoms with E-state index in [-0.39, 0.29) is 11.6 Å². The number of benzene rings is 3. The molecule has 0 aliphatic rings. The molecule has 0 bridgehead atoms. The lowest BCUT2D eigenvalue weighted by Crippen LogP contribution is -2.27. The van der Waals surface area contributed by atoms with Crippen molar-refractivity contribution >= 4 is 57.2 Å². The lowest BCUT2D eigenvalue weighted by molar-refractivity contribution is -0.117. The molecule has 0 aliphatic heterocycles. The second kappa shape index (κ2) is 12.0. The van der Waals surface area contributed by atoms with E-state index in [1.807, 2.05) is 73.7 Å². The van der Waals surface area contributed by atoms with Crippen LogP contribution in [0.5, 0.6) is 11.5 Å². The van der Waals surface area contributed by atoms with Crippen molar-refractivity contribution in [3.05, 3.63) is 96.1 Å². The summed E-state index contributed by atoms with van der Waals surface area (Å²) in [5, 5.41) is 12.5. The van der Waals surface area contributed by atoms with Crippen LogP contribution in [-0.2, 0) is 11.4 Å². The van der Waals surface area contributed by atoms with Gasteiger partial charge in [-0.3, -0.25) is 4.79 Å². The van der Waals surface area contributed by atoms with Gasteiger partial charge in [-0.25, -0.2) is 0 Å². The summed E-state index contributed by atoms with van der Waals surface area (Å²) in [7, 11) is 1.57. The van der Waals surface area contributed by atoms with Gasteiger partial charge in [-0.2, -0.15) is 5.26 Å². The van der Waals surface area contributed by atoms with E-state index in [1.165, 1.54) is 0 Å². The Balaban J connectivity index is 1.78. The molecule has 0 aliphatic carbocycles. The molecule has 3 rings (SSSR count). The van der Waals surface area contributed by atoms with Gasteiger partial charge in [0.2, 0.25) is 0 Å². The van der Waals surface area contributed by atoms with E-state index in [1.54, 1.807) is 19.3 Å². The third-order valence-corrected chi connectivity index (χ3v) is 6.39. The van der Waals surface area contributed by atoms with Gasteiger partial charge >= 0.3 is 0 Å². The average Bonchev–Trinajstić information content (AvgIpc) is 2.83. The van der Waals surface area contributed by atoms with Gasteiger partial charge in [0, 0.05) is 3.57 Å². The van der Waals surface area contributed by atoms with Crippen LogP contribution >= 0.6 is 45.2 Å². The molecular weight excluding hydrogens is 642 g/mol. The third kappa shape index (κ3) is 6.95. The molecule has 0 aromatic heterocycles. The lowest BCUT2D eigenvalue weighted by Gasteiger charge is -2.15. The zero-order valence-corrected chi connectivity index (χ0v) is 22.5. The first-order valence-electron chi connectivity index (χ1n) is 10.1. The molecule has 0 spiro atoms. The molecule has 0 unspecified atom stereocenters. The molecule has 1 amide bonds. The van der Waals surface area contributed by atoms with Gasteiger partial charge in [-0.15, -0.1) is 0 Å². The predicted molar refractivity (Wildman–Crippen MR) is 146 cm³/mol. The fourth-order valence-corrected chi connectivity index (χ4v) is 4.25. The first-order chi connectivity index (χ1) is 15.9. The van der Waals surface area contributed by atoms with Gasteiger partial charge in [0.1, 0.15) is 18.2 Å². The van der Waals surface area contributed by atoms with Crippen LogP contribution in [0.3, 0.4) is 0 Å². The number of ether oxygens (including phenoxy) is 2. The molecule has 33 heavy (non-hydrogen) atoms. The molecule has 7 heteroatoms. The number of methoxy groups -OCH3 is 1. The van der Waals surface area contributed by atoms with Crippen molar-refractivity contribution in [3.63, 3.8) is 0 Å². The summed E-state index contributed by atoms with van der Waals surface area (Å²) in [6.07, 6.45) is 1.56. The Kier molecular flexibility index (Phi) is 9.14. The first-order valence-corrected chi connectivity index (χ1v) is 12.3. The quantitative estimate of drug-likeness (QED) is 0.175. The molecule has 0 radical (unpaired) electrons. The molecule has 3 aromatic rings. The summed E-state index contributed by atoms with van der Waals surface area (Å²) < 4.78 is 13.5. The molecule has 3 aromatic carbocycles. The van der Waals surface area contributed by atoms with Gasteiger partial charge in [0.05, 0.1) is 16.7 Å². The van der Waals surface area contributed by atoms with Crippen molar-refractivity contribution in [1.82, 2.24) is 5.32 Å². The van der Waals surface area contributed by atoms with Crippen LogP contribution in [0.1, 0.15) is 29.7 Å². The highest BCUT2D eigenvalue weighted by Crippen LogP contribution is 2.35. The summed E-state index contributed by atoms with van der Waals surface area (Å²) >= 11 is 4.43. The molecule has 0 saturated heterocycles. The average molecular weight is 664 g/mol. The summed E-state index contributed by atoms with van der Waals surface area (Å²) in [5.41, 5.74) is 2.71. The Bertz CT molecular complexity index is 1190. The maximum atomic E-state index is 12.7. The highest BCUT2D eigenvalue weighted by Gasteiger charge is 2.16. The highest BCUT2D eigenvalue weighted by molar-refractivity contribution is 14.1. The first kappa shape index (κ1) is 25.1. The fourth-order valence-electron chi connectivity index (χ4n) is 3.11. The topological polar surface area (TPSA) is 71.3 Å². The monoisotopic (exact) mass is 664 g/mol. The number of carbonyl (C=O) groups excluding carboxylic acids is 1. The smallest absolute Gasteiger partial charge is 0.262 e. The van der Waals surface area contributed by atoms with Crippen LogP contribution in [0, 0.1) is 18.5 Å². The van der Waals surface area contributed by atoms with Crippen molar-refractivity contribution < 1.29 is 14.3 Å². The molecule has 5 nitrogen and oxygen atoms in total. The molecule has 0 heterocycles. The Morgan fingerprint density at radius 2 is 1.82 bits per heavy atom. The van der Waals surface area contributed by atoms with E-state index in [4.69, 9.17) is 9.47 Å². The summed E-state index contributed by atoms with van der Waals surface area (Å²) in [5.74, 6) is 0.727. The number of hydrogen-bond acceptors (Lipinski definition) is 4. The fraction of sp³-hybridized carbons (Fsp3) is 0.154. The van der Waals surface area contributed by atoms with E-state index in [9.17, 15) is 10.1 Å². The number of nitrogens with zero attached hydrogens (tertiary/aromatic N) is 1. The van der Waals surface area contributed by atoms with Gasteiger partial charge in [-0.1, -0.05) is 42.5 Å². The Hall–Kier alpha value is -2.58. The minimum atomic E-state index is -0.429. The number of halogens is 2. The number of carbonyl (C=O) groups is 1. The molecule has 1 atom stereocenters. The van der Waals surface area contributed by atoms with Gasteiger partial charge in [0.15, 0.2) is 11.5 Å². The SMILES string of the molecule is COc1cc(/C=C(/C#N)C(=O)N[C@H](C)c2ccccc2)cc(I)c1OCc1ccc(I)cc1. The Morgan fingerprint density at radius 3 is 2.45 bits per heavy atom. The van der Waals surface area contributed by atoms with E-state index in [2.05, 4.69) is 50.5 Å². The second-order valence-electron chi connectivity index (χ2n) is 7.22. The van der Waals surface area contributed by atoms with Crippen molar-refractivity contribution in [2.45, 2.75) is 19.6 Å².